The number of hydrogen-bond acceptors (Lipinski definition) is 2. The average Bonchev–Trinajstić information content (AvgIpc) is 2.93. The van der Waals surface area contributed by atoms with Crippen LogP contribution < -0.4 is 5.73 Å². The number of carbonyl (C=O) groups is 1. The number of anilines is 1. The summed E-state index contributed by atoms with van der Waals surface area (Å²) in [4.78, 5) is 17.7. The Morgan fingerprint density at radius 2 is 2.00 bits per heavy atom. The Kier molecular flexibility index (Phi) is 2.73. The standard InChI is InChI=1S/C15H19N3O/c1-9-7-18(8-10(9)2)15(19)13-6-17-14-5-11(16)3-4-12(13)14/h3-6,9-10,17H,7-8,16H2,1-2H3. The number of aromatic nitrogens is 1. The van der Waals surface area contributed by atoms with Crippen LogP contribution in [0.1, 0.15) is 24.2 Å². The molecule has 0 bridgehead atoms. The van der Waals surface area contributed by atoms with Crippen LogP contribution in [-0.2, 0) is 0 Å². The minimum Gasteiger partial charge on any atom is -0.399 e. The molecular formula is C15H19N3O. The zero-order valence-electron chi connectivity index (χ0n) is 11.3. The van der Waals surface area contributed by atoms with Gasteiger partial charge in [-0.05, 0) is 30.0 Å². The van der Waals surface area contributed by atoms with E-state index < -0.39 is 0 Å². The Balaban J connectivity index is 1.94. The van der Waals surface area contributed by atoms with E-state index in [4.69, 9.17) is 5.73 Å². The summed E-state index contributed by atoms with van der Waals surface area (Å²) in [5.74, 6) is 1.27. The van der Waals surface area contributed by atoms with Crippen LogP contribution in [0.4, 0.5) is 5.69 Å². The van der Waals surface area contributed by atoms with Gasteiger partial charge in [-0.15, -0.1) is 0 Å². The van der Waals surface area contributed by atoms with Crippen molar-refractivity contribution in [3.05, 3.63) is 30.0 Å². The maximum atomic E-state index is 12.6. The van der Waals surface area contributed by atoms with Gasteiger partial charge in [-0.25, -0.2) is 0 Å². The molecule has 2 heterocycles. The van der Waals surface area contributed by atoms with E-state index in [0.29, 0.717) is 17.5 Å². The summed E-state index contributed by atoms with van der Waals surface area (Å²) in [7, 11) is 0. The number of carbonyl (C=O) groups excluding carboxylic acids is 1. The number of nitrogens with two attached hydrogens (primary N) is 1. The van der Waals surface area contributed by atoms with E-state index in [2.05, 4.69) is 18.8 Å². The van der Waals surface area contributed by atoms with Gasteiger partial charge in [-0.3, -0.25) is 4.79 Å². The summed E-state index contributed by atoms with van der Waals surface area (Å²) in [6, 6.07) is 5.61. The van der Waals surface area contributed by atoms with Crippen LogP contribution in [0.5, 0.6) is 0 Å². The minimum atomic E-state index is 0.118. The first kappa shape index (κ1) is 12.1. The van der Waals surface area contributed by atoms with E-state index in [1.165, 1.54) is 0 Å². The van der Waals surface area contributed by atoms with Gasteiger partial charge >= 0.3 is 0 Å². The van der Waals surface area contributed by atoms with Crippen molar-refractivity contribution < 1.29 is 4.79 Å². The van der Waals surface area contributed by atoms with Crippen LogP contribution >= 0.6 is 0 Å². The molecule has 1 fully saturated rings. The maximum absolute atomic E-state index is 12.6. The first-order chi connectivity index (χ1) is 9.06. The highest BCUT2D eigenvalue weighted by Crippen LogP contribution is 2.27. The molecule has 3 N–H and O–H groups in total. The van der Waals surface area contributed by atoms with Crippen LogP contribution in [-0.4, -0.2) is 28.9 Å². The zero-order valence-corrected chi connectivity index (χ0v) is 11.3. The lowest BCUT2D eigenvalue weighted by Gasteiger charge is -2.15. The predicted octanol–water partition coefficient (Wildman–Crippen LogP) is 2.48. The monoisotopic (exact) mass is 257 g/mol. The van der Waals surface area contributed by atoms with Gasteiger partial charge in [0.15, 0.2) is 0 Å². The molecule has 0 radical (unpaired) electrons. The highest BCUT2D eigenvalue weighted by atomic mass is 16.2. The van der Waals surface area contributed by atoms with Gasteiger partial charge in [0.25, 0.3) is 5.91 Å². The van der Waals surface area contributed by atoms with Crippen LogP contribution in [0.2, 0.25) is 0 Å². The van der Waals surface area contributed by atoms with Gasteiger partial charge in [0.1, 0.15) is 0 Å². The molecule has 0 aliphatic carbocycles. The van der Waals surface area contributed by atoms with Gasteiger partial charge in [0.05, 0.1) is 5.56 Å². The van der Waals surface area contributed by atoms with Crippen LogP contribution in [0.25, 0.3) is 10.9 Å². The fraction of sp³-hybridized carbons (Fsp3) is 0.400. The van der Waals surface area contributed by atoms with Gasteiger partial charge in [0.2, 0.25) is 0 Å². The fourth-order valence-electron chi connectivity index (χ4n) is 2.79. The molecule has 2 unspecified atom stereocenters. The maximum Gasteiger partial charge on any atom is 0.256 e. The lowest BCUT2D eigenvalue weighted by molar-refractivity contribution is 0.0787. The van der Waals surface area contributed by atoms with Crippen molar-refractivity contribution in [1.29, 1.82) is 0 Å². The highest BCUT2D eigenvalue weighted by Gasteiger charge is 2.30. The normalized spacial score (nSPS) is 23.2. The number of fused-ring (bicyclic) bond motifs is 1. The summed E-state index contributed by atoms with van der Waals surface area (Å²) in [5, 5.41) is 0.950. The van der Waals surface area contributed by atoms with Gasteiger partial charge in [-0.2, -0.15) is 0 Å². The smallest absolute Gasteiger partial charge is 0.256 e. The number of aromatic amines is 1. The first-order valence-electron chi connectivity index (χ1n) is 6.72. The van der Waals surface area contributed by atoms with Crippen molar-refractivity contribution in [2.24, 2.45) is 11.8 Å². The summed E-state index contributed by atoms with van der Waals surface area (Å²) in [6.07, 6.45) is 1.79. The molecule has 3 rings (SSSR count). The summed E-state index contributed by atoms with van der Waals surface area (Å²) in [5.41, 5.74) is 8.12. The Labute approximate surface area is 112 Å². The molecule has 2 aromatic rings. The topological polar surface area (TPSA) is 62.1 Å². The summed E-state index contributed by atoms with van der Waals surface area (Å²) in [6.45, 7) is 6.10. The quantitative estimate of drug-likeness (QED) is 0.771. The molecule has 0 saturated carbocycles. The molecule has 1 aromatic carbocycles. The zero-order chi connectivity index (χ0) is 13.6. The summed E-state index contributed by atoms with van der Waals surface area (Å²) < 4.78 is 0. The number of benzene rings is 1. The number of nitrogens with one attached hydrogen (secondary N) is 1. The molecule has 4 heteroatoms. The molecule has 19 heavy (non-hydrogen) atoms. The molecule has 1 aromatic heterocycles. The van der Waals surface area contributed by atoms with Crippen molar-refractivity contribution in [2.45, 2.75) is 13.8 Å². The van der Waals surface area contributed by atoms with E-state index in [9.17, 15) is 4.79 Å². The molecule has 1 saturated heterocycles. The number of rotatable bonds is 1. The second kappa shape index (κ2) is 4.30. The van der Waals surface area contributed by atoms with Gasteiger partial charge in [0, 0.05) is 35.9 Å². The van der Waals surface area contributed by atoms with Crippen LogP contribution in [0, 0.1) is 11.8 Å². The van der Waals surface area contributed by atoms with Crippen LogP contribution in [0.3, 0.4) is 0 Å². The number of amides is 1. The van der Waals surface area contributed by atoms with E-state index in [0.717, 1.165) is 29.6 Å². The number of hydrogen-bond donors (Lipinski definition) is 2. The molecule has 4 nitrogen and oxygen atoms in total. The third-order valence-corrected chi connectivity index (χ3v) is 4.21. The van der Waals surface area contributed by atoms with Crippen molar-refractivity contribution >= 4 is 22.5 Å². The fourth-order valence-corrected chi connectivity index (χ4v) is 2.79. The largest absolute Gasteiger partial charge is 0.399 e. The average molecular weight is 257 g/mol. The van der Waals surface area contributed by atoms with Crippen molar-refractivity contribution in [3.63, 3.8) is 0 Å². The summed E-state index contributed by atoms with van der Waals surface area (Å²) >= 11 is 0. The Hall–Kier alpha value is -1.97. The van der Waals surface area contributed by atoms with Crippen molar-refractivity contribution in [1.82, 2.24) is 9.88 Å². The molecular weight excluding hydrogens is 238 g/mol. The van der Waals surface area contributed by atoms with E-state index >= 15 is 0 Å². The predicted molar refractivity (Wildman–Crippen MR) is 76.9 cm³/mol. The molecule has 2 atom stereocenters. The van der Waals surface area contributed by atoms with E-state index in [1.54, 1.807) is 6.20 Å². The first-order valence-corrected chi connectivity index (χ1v) is 6.72. The van der Waals surface area contributed by atoms with E-state index in [1.807, 2.05) is 23.1 Å². The van der Waals surface area contributed by atoms with Gasteiger partial charge in [-0.1, -0.05) is 13.8 Å². The molecule has 1 amide bonds. The Bertz CT molecular complexity index is 621. The third-order valence-electron chi connectivity index (χ3n) is 4.21. The molecule has 1 aliphatic heterocycles. The number of nitrogens with zero attached hydrogens (tertiary/aromatic N) is 1. The lowest BCUT2D eigenvalue weighted by atomic mass is 10.0. The second-order valence-corrected chi connectivity index (χ2v) is 5.67. The SMILES string of the molecule is CC1CN(C(=O)c2c[nH]c3cc(N)ccc23)CC1C. The Morgan fingerprint density at radius 3 is 2.68 bits per heavy atom. The second-order valence-electron chi connectivity index (χ2n) is 5.67. The minimum absolute atomic E-state index is 0.118. The molecule has 1 aliphatic rings. The Morgan fingerprint density at radius 1 is 1.32 bits per heavy atom. The molecule has 0 spiro atoms. The van der Waals surface area contributed by atoms with E-state index in [-0.39, 0.29) is 5.91 Å². The number of H-pyrrole nitrogens is 1. The lowest BCUT2D eigenvalue weighted by Crippen LogP contribution is -2.28. The number of likely N-dealkylation sites (tertiary alicyclic amines) is 1. The van der Waals surface area contributed by atoms with Crippen molar-refractivity contribution in [3.8, 4) is 0 Å². The van der Waals surface area contributed by atoms with Crippen molar-refractivity contribution in [2.75, 3.05) is 18.8 Å². The third kappa shape index (κ3) is 1.97. The number of nitrogen functional groups attached to an aromatic ring is 1. The van der Waals surface area contributed by atoms with Crippen LogP contribution in [0.15, 0.2) is 24.4 Å². The van der Waals surface area contributed by atoms with Gasteiger partial charge < -0.3 is 15.6 Å². The highest BCUT2D eigenvalue weighted by molar-refractivity contribution is 6.07. The molecule has 100 valence electrons.